The van der Waals surface area contributed by atoms with Crippen LogP contribution in [-0.4, -0.2) is 0 Å². The van der Waals surface area contributed by atoms with E-state index in [1.807, 2.05) is 34.0 Å². The lowest BCUT2D eigenvalue weighted by molar-refractivity contribution is 1.81. The van der Waals surface area contributed by atoms with Crippen molar-refractivity contribution in [1.29, 1.82) is 0 Å². The molecule has 0 amide bonds. The van der Waals surface area contributed by atoms with Crippen LogP contribution in [0.5, 0.6) is 0 Å². The van der Waals surface area contributed by atoms with Crippen molar-refractivity contribution in [2.24, 2.45) is 0 Å². The number of benzene rings is 12. The van der Waals surface area contributed by atoms with E-state index in [0.29, 0.717) is 0 Å². The molecular formula is C48H20S3. The van der Waals surface area contributed by atoms with Gasteiger partial charge in [0.2, 0.25) is 0 Å². The van der Waals surface area contributed by atoms with Gasteiger partial charge in [0.25, 0.3) is 0 Å². The summed E-state index contributed by atoms with van der Waals surface area (Å²) in [6.07, 6.45) is 0. The molecule has 15 aromatic rings. The Hall–Kier alpha value is -5.58. The lowest BCUT2D eigenvalue weighted by Crippen LogP contribution is -1.96. The highest BCUT2D eigenvalue weighted by Crippen LogP contribution is 2.61. The predicted molar refractivity (Wildman–Crippen MR) is 230 cm³/mol. The molecule has 0 spiro atoms. The van der Waals surface area contributed by atoms with Crippen molar-refractivity contribution in [1.82, 2.24) is 0 Å². The first-order valence-electron chi connectivity index (χ1n) is 17.6. The highest BCUT2D eigenvalue weighted by atomic mass is 32.1. The molecule has 0 nitrogen and oxygen atoms in total. The van der Waals surface area contributed by atoms with Crippen LogP contribution in [0.2, 0.25) is 0 Å². The van der Waals surface area contributed by atoms with E-state index in [4.69, 9.17) is 0 Å². The Morgan fingerprint density at radius 2 is 0.706 bits per heavy atom. The monoisotopic (exact) mass is 692 g/mol. The maximum atomic E-state index is 2.52. The van der Waals surface area contributed by atoms with Gasteiger partial charge in [0, 0.05) is 94.9 Å². The van der Waals surface area contributed by atoms with Crippen molar-refractivity contribution < 1.29 is 0 Å². The molecule has 0 radical (unpaired) electrons. The van der Waals surface area contributed by atoms with Crippen LogP contribution in [0.1, 0.15) is 0 Å². The van der Waals surface area contributed by atoms with Crippen LogP contribution in [0.25, 0.3) is 149 Å². The maximum Gasteiger partial charge on any atom is 0.0434 e. The van der Waals surface area contributed by atoms with Gasteiger partial charge in [-0.25, -0.2) is 0 Å². The van der Waals surface area contributed by atoms with E-state index in [1.165, 1.54) is 149 Å². The molecule has 0 unspecified atom stereocenters. The highest BCUT2D eigenvalue weighted by Gasteiger charge is 2.31. The first kappa shape index (κ1) is 25.4. The number of hydrogen-bond donors (Lipinski definition) is 0. The van der Waals surface area contributed by atoms with Crippen LogP contribution in [0, 0.1) is 0 Å². The van der Waals surface area contributed by atoms with Gasteiger partial charge in [0.1, 0.15) is 0 Å². The zero-order valence-electron chi connectivity index (χ0n) is 26.8. The van der Waals surface area contributed by atoms with Crippen LogP contribution < -0.4 is 0 Å². The molecule has 3 aromatic heterocycles. The average Bonchev–Trinajstić information content (AvgIpc) is 3.95. The third kappa shape index (κ3) is 2.60. The van der Waals surface area contributed by atoms with Crippen molar-refractivity contribution in [2.75, 3.05) is 0 Å². The van der Waals surface area contributed by atoms with E-state index in [1.54, 1.807) is 0 Å². The highest BCUT2D eigenvalue weighted by molar-refractivity contribution is 7.20. The summed E-state index contributed by atoms with van der Waals surface area (Å²) in [6.45, 7) is 0. The molecule has 230 valence electrons. The summed E-state index contributed by atoms with van der Waals surface area (Å²) in [5, 5.41) is 42.5. The Bertz CT molecular complexity index is 3920. The number of thiophene rings is 3. The molecule has 0 atom stereocenters. The lowest BCUT2D eigenvalue weighted by atomic mass is 9.77. The molecule has 0 saturated carbocycles. The van der Waals surface area contributed by atoms with Crippen molar-refractivity contribution in [3.05, 3.63) is 119 Å². The lowest BCUT2D eigenvalue weighted by Gasteiger charge is -2.25. The van der Waals surface area contributed by atoms with Gasteiger partial charge in [-0.05, 0) is 100 Å². The fraction of sp³-hybridized carbons (Fsp3) is 0. The van der Waals surface area contributed by atoms with Crippen LogP contribution in [0.4, 0.5) is 0 Å². The van der Waals surface area contributed by atoms with Gasteiger partial charge in [0.05, 0.1) is 0 Å². The normalized spacial score (nSPS) is 13.5. The number of fused-ring (bicyclic) bond motifs is 15. The second kappa shape index (κ2) is 8.14. The first-order chi connectivity index (χ1) is 25.3. The zero-order chi connectivity index (χ0) is 32.4. The molecule has 3 heteroatoms. The number of hydrogen-bond acceptors (Lipinski definition) is 3. The standard InChI is InChI=1S/C48H20S3/c1-2-8-22-16-29-28(15-21(22)7-1)37-36-27-13-14-49-46(27)30-17-23-9-3-5-11-25(23)34-33-20-51-48-31-18-24-10-4-6-12-26(24)35-32-19-50-47(29)40(32)43(37)44(39(31)35)45(41(33)48)42(36)38(30)34/h1-20H. The summed E-state index contributed by atoms with van der Waals surface area (Å²) in [7, 11) is 0. The Morgan fingerprint density at radius 1 is 0.255 bits per heavy atom. The Morgan fingerprint density at radius 3 is 1.37 bits per heavy atom. The smallest absolute Gasteiger partial charge is 0.0434 e. The molecular weight excluding hydrogens is 673 g/mol. The van der Waals surface area contributed by atoms with Crippen LogP contribution in [0.3, 0.4) is 0 Å². The van der Waals surface area contributed by atoms with E-state index < -0.39 is 0 Å². The van der Waals surface area contributed by atoms with Gasteiger partial charge in [0.15, 0.2) is 0 Å². The molecule has 0 aliphatic carbocycles. The van der Waals surface area contributed by atoms with Crippen molar-refractivity contribution >= 4 is 183 Å². The average molecular weight is 693 g/mol. The minimum absolute atomic E-state index is 1.31. The zero-order valence-corrected chi connectivity index (χ0v) is 29.2. The predicted octanol–water partition coefficient (Wildman–Crippen LogP) is 15.8. The Labute approximate surface area is 300 Å². The first-order valence-corrected chi connectivity index (χ1v) is 20.2. The maximum absolute atomic E-state index is 2.52. The topological polar surface area (TPSA) is 0 Å². The minimum Gasteiger partial charge on any atom is -0.143 e. The summed E-state index contributed by atoms with van der Waals surface area (Å²) in [5.41, 5.74) is 0. The van der Waals surface area contributed by atoms with Crippen molar-refractivity contribution in [3.63, 3.8) is 0 Å². The minimum atomic E-state index is 1.31. The van der Waals surface area contributed by atoms with Crippen LogP contribution >= 0.6 is 34.0 Å². The second-order valence-corrected chi connectivity index (χ2v) is 17.3. The van der Waals surface area contributed by atoms with Gasteiger partial charge in [-0.15, -0.1) is 34.0 Å². The summed E-state index contributed by atoms with van der Waals surface area (Å²) >= 11 is 5.81. The van der Waals surface area contributed by atoms with Gasteiger partial charge >= 0.3 is 0 Å². The van der Waals surface area contributed by atoms with Crippen LogP contribution in [-0.2, 0) is 0 Å². The summed E-state index contributed by atoms with van der Waals surface area (Å²) in [6, 6.07) is 39.6. The molecule has 0 bridgehead atoms. The van der Waals surface area contributed by atoms with Gasteiger partial charge in [-0.3, -0.25) is 0 Å². The van der Waals surface area contributed by atoms with Gasteiger partial charge < -0.3 is 0 Å². The van der Waals surface area contributed by atoms with E-state index in [0.717, 1.165) is 0 Å². The molecule has 0 aliphatic heterocycles. The molecule has 15 rings (SSSR count). The summed E-state index contributed by atoms with van der Waals surface area (Å²) in [5.74, 6) is 0. The van der Waals surface area contributed by atoms with Crippen molar-refractivity contribution in [3.8, 4) is 0 Å². The molecule has 12 aromatic carbocycles. The summed E-state index contributed by atoms with van der Waals surface area (Å²) in [4.78, 5) is 0. The largest absolute Gasteiger partial charge is 0.143 e. The molecule has 0 aliphatic rings. The third-order valence-corrected chi connectivity index (χ3v) is 15.5. The third-order valence-electron chi connectivity index (χ3n) is 12.5. The Balaban J connectivity index is 1.45. The molecule has 0 fully saturated rings. The fourth-order valence-electron chi connectivity index (χ4n) is 10.7. The summed E-state index contributed by atoms with van der Waals surface area (Å²) < 4.78 is 4.26. The molecule has 3 heterocycles. The SMILES string of the molecule is c1ccc2cc3c(cc2c1)c1scc2c4c5ccccc5cc5c6scc7c8c9ccccc9cc9c%10sccc%10c%10c3c(c21)c(c54)c(c76)c%10c98. The molecule has 0 N–H and O–H groups in total. The van der Waals surface area contributed by atoms with E-state index in [2.05, 4.69) is 119 Å². The fourth-order valence-corrected chi connectivity index (χ4v) is 13.9. The van der Waals surface area contributed by atoms with Gasteiger partial charge in [-0.1, -0.05) is 72.8 Å². The second-order valence-electron chi connectivity index (χ2n) is 14.7. The van der Waals surface area contributed by atoms with E-state index in [9.17, 15) is 0 Å². The van der Waals surface area contributed by atoms with E-state index >= 15 is 0 Å². The van der Waals surface area contributed by atoms with Crippen LogP contribution in [0.15, 0.2) is 119 Å². The Kier molecular flexibility index (Phi) is 4.05. The molecule has 51 heavy (non-hydrogen) atoms. The molecule has 0 saturated heterocycles. The van der Waals surface area contributed by atoms with E-state index in [-0.39, 0.29) is 0 Å². The van der Waals surface area contributed by atoms with Crippen molar-refractivity contribution in [2.45, 2.75) is 0 Å². The number of rotatable bonds is 0. The quantitative estimate of drug-likeness (QED) is 0.110. The van der Waals surface area contributed by atoms with Gasteiger partial charge in [-0.2, -0.15) is 0 Å².